The minimum atomic E-state index is -0.580. The fraction of sp³-hybridized carbons (Fsp3) is 0.385. The van der Waals surface area contributed by atoms with Crippen molar-refractivity contribution in [2.75, 3.05) is 19.7 Å². The standard InChI is InChI=1S/C13H17Cl2NO2/c1-10(14)6-16-7-12(17)9-18-8-11-4-2-3-5-13(11)15/h2-5,12,16-17H,1,6-9H2. The van der Waals surface area contributed by atoms with E-state index in [-0.39, 0.29) is 6.61 Å². The summed E-state index contributed by atoms with van der Waals surface area (Å²) in [5, 5.41) is 13.8. The minimum absolute atomic E-state index is 0.243. The number of hydrogen-bond acceptors (Lipinski definition) is 3. The second kappa shape index (κ2) is 8.51. The molecule has 5 heteroatoms. The third kappa shape index (κ3) is 6.38. The summed E-state index contributed by atoms with van der Waals surface area (Å²) in [5.74, 6) is 0. The van der Waals surface area contributed by atoms with Crippen LogP contribution < -0.4 is 5.32 Å². The van der Waals surface area contributed by atoms with Gasteiger partial charge in [0.2, 0.25) is 0 Å². The summed E-state index contributed by atoms with van der Waals surface area (Å²) in [4.78, 5) is 0. The van der Waals surface area contributed by atoms with Gasteiger partial charge in [-0.25, -0.2) is 0 Å². The fourth-order valence-corrected chi connectivity index (χ4v) is 1.64. The zero-order chi connectivity index (χ0) is 13.4. The maximum absolute atomic E-state index is 9.62. The molecule has 0 aliphatic heterocycles. The smallest absolute Gasteiger partial charge is 0.0897 e. The predicted molar refractivity (Wildman–Crippen MR) is 75.0 cm³/mol. The van der Waals surface area contributed by atoms with Gasteiger partial charge in [0, 0.05) is 23.1 Å². The van der Waals surface area contributed by atoms with Gasteiger partial charge in [0.1, 0.15) is 0 Å². The maximum atomic E-state index is 9.62. The van der Waals surface area contributed by atoms with Crippen LogP contribution in [0.4, 0.5) is 0 Å². The molecule has 0 radical (unpaired) electrons. The predicted octanol–water partition coefficient (Wildman–Crippen LogP) is 2.56. The summed E-state index contributed by atoms with van der Waals surface area (Å²) >= 11 is 11.6. The molecule has 0 amide bonds. The van der Waals surface area contributed by atoms with Crippen LogP contribution in [0.15, 0.2) is 35.9 Å². The molecule has 0 spiro atoms. The Balaban J connectivity index is 2.17. The first-order valence-electron chi connectivity index (χ1n) is 5.63. The fourth-order valence-electron chi connectivity index (χ4n) is 1.35. The molecule has 0 aliphatic carbocycles. The van der Waals surface area contributed by atoms with Crippen molar-refractivity contribution < 1.29 is 9.84 Å². The van der Waals surface area contributed by atoms with Gasteiger partial charge in [0.15, 0.2) is 0 Å². The molecule has 0 aromatic heterocycles. The van der Waals surface area contributed by atoms with Crippen molar-refractivity contribution in [2.24, 2.45) is 0 Å². The summed E-state index contributed by atoms with van der Waals surface area (Å²) in [6.07, 6.45) is -0.580. The van der Waals surface area contributed by atoms with Crippen molar-refractivity contribution in [1.29, 1.82) is 0 Å². The Kier molecular flexibility index (Phi) is 7.32. The average Bonchev–Trinajstić information content (AvgIpc) is 2.31. The van der Waals surface area contributed by atoms with Gasteiger partial charge in [0.05, 0.1) is 19.3 Å². The summed E-state index contributed by atoms with van der Waals surface area (Å²) in [7, 11) is 0. The lowest BCUT2D eigenvalue weighted by Crippen LogP contribution is -2.31. The Bertz CT molecular complexity index is 385. The number of ether oxygens (including phenoxy) is 1. The molecule has 0 aliphatic rings. The van der Waals surface area contributed by atoms with Gasteiger partial charge in [-0.3, -0.25) is 0 Å². The second-order valence-corrected chi connectivity index (χ2v) is 4.85. The molecule has 2 N–H and O–H groups in total. The Morgan fingerprint density at radius 1 is 1.44 bits per heavy atom. The molecule has 3 nitrogen and oxygen atoms in total. The maximum Gasteiger partial charge on any atom is 0.0897 e. The van der Waals surface area contributed by atoms with E-state index in [9.17, 15) is 5.11 Å². The number of nitrogens with one attached hydrogen (secondary N) is 1. The van der Waals surface area contributed by atoms with Crippen LogP contribution in [0.1, 0.15) is 5.56 Å². The Morgan fingerprint density at radius 2 is 2.17 bits per heavy atom. The van der Waals surface area contributed by atoms with Gasteiger partial charge in [0.25, 0.3) is 0 Å². The summed E-state index contributed by atoms with van der Waals surface area (Å²) in [6, 6.07) is 7.47. The summed E-state index contributed by atoms with van der Waals surface area (Å²) < 4.78 is 5.39. The van der Waals surface area contributed by atoms with E-state index in [1.807, 2.05) is 24.3 Å². The number of aliphatic hydroxyl groups is 1. The molecule has 1 aromatic rings. The molecule has 18 heavy (non-hydrogen) atoms. The molecular weight excluding hydrogens is 273 g/mol. The van der Waals surface area contributed by atoms with Crippen LogP contribution in [0.5, 0.6) is 0 Å². The molecule has 0 fully saturated rings. The van der Waals surface area contributed by atoms with Crippen molar-refractivity contribution >= 4 is 23.2 Å². The van der Waals surface area contributed by atoms with Crippen LogP contribution in [-0.4, -0.2) is 30.9 Å². The van der Waals surface area contributed by atoms with E-state index in [1.54, 1.807) is 0 Å². The third-order valence-electron chi connectivity index (χ3n) is 2.22. The lowest BCUT2D eigenvalue weighted by atomic mass is 10.2. The first-order chi connectivity index (χ1) is 8.59. The highest BCUT2D eigenvalue weighted by atomic mass is 35.5. The summed E-state index contributed by atoms with van der Waals surface area (Å²) in [6.45, 7) is 5.06. The van der Waals surface area contributed by atoms with Crippen LogP contribution in [0.3, 0.4) is 0 Å². The number of halogens is 2. The first-order valence-corrected chi connectivity index (χ1v) is 6.38. The third-order valence-corrected chi connectivity index (χ3v) is 2.72. The van der Waals surface area contributed by atoms with E-state index >= 15 is 0 Å². The van der Waals surface area contributed by atoms with Gasteiger partial charge in [-0.15, -0.1) is 0 Å². The molecular formula is C13H17Cl2NO2. The van der Waals surface area contributed by atoms with Crippen molar-refractivity contribution in [1.82, 2.24) is 5.32 Å². The van der Waals surface area contributed by atoms with Gasteiger partial charge in [-0.1, -0.05) is 48.0 Å². The Morgan fingerprint density at radius 3 is 2.83 bits per heavy atom. The second-order valence-electron chi connectivity index (χ2n) is 3.91. The van der Waals surface area contributed by atoms with Crippen molar-refractivity contribution in [2.45, 2.75) is 12.7 Å². The number of hydrogen-bond donors (Lipinski definition) is 2. The van der Waals surface area contributed by atoms with E-state index < -0.39 is 6.10 Å². The molecule has 1 rings (SSSR count). The largest absolute Gasteiger partial charge is 0.389 e. The van der Waals surface area contributed by atoms with Crippen LogP contribution in [0.25, 0.3) is 0 Å². The van der Waals surface area contributed by atoms with Gasteiger partial charge in [-0.05, 0) is 11.6 Å². The van der Waals surface area contributed by atoms with Gasteiger partial charge in [-0.2, -0.15) is 0 Å². The Hall–Kier alpha value is -0.580. The van der Waals surface area contributed by atoms with Crippen molar-refractivity contribution in [3.05, 3.63) is 46.5 Å². The van der Waals surface area contributed by atoms with E-state index in [0.717, 1.165) is 5.56 Å². The quantitative estimate of drug-likeness (QED) is 0.773. The molecule has 0 bridgehead atoms. The van der Waals surface area contributed by atoms with Gasteiger partial charge < -0.3 is 15.2 Å². The summed E-state index contributed by atoms with van der Waals surface area (Å²) in [5.41, 5.74) is 0.911. The van der Waals surface area contributed by atoms with E-state index in [0.29, 0.717) is 29.8 Å². The molecule has 0 heterocycles. The number of aliphatic hydroxyl groups excluding tert-OH is 1. The van der Waals surface area contributed by atoms with E-state index in [1.165, 1.54) is 0 Å². The molecule has 0 saturated heterocycles. The Labute approximate surface area is 117 Å². The number of benzene rings is 1. The minimum Gasteiger partial charge on any atom is -0.389 e. The lowest BCUT2D eigenvalue weighted by molar-refractivity contribution is 0.0293. The normalized spacial score (nSPS) is 12.4. The van der Waals surface area contributed by atoms with Crippen molar-refractivity contribution in [3.8, 4) is 0 Å². The molecule has 100 valence electrons. The average molecular weight is 290 g/mol. The SMILES string of the molecule is C=C(Cl)CNCC(O)COCc1ccccc1Cl. The molecule has 0 saturated carbocycles. The topological polar surface area (TPSA) is 41.5 Å². The van der Waals surface area contributed by atoms with Crippen LogP contribution in [-0.2, 0) is 11.3 Å². The zero-order valence-electron chi connectivity index (χ0n) is 10.0. The monoisotopic (exact) mass is 289 g/mol. The van der Waals surface area contributed by atoms with Gasteiger partial charge >= 0.3 is 0 Å². The van der Waals surface area contributed by atoms with Crippen molar-refractivity contribution in [3.63, 3.8) is 0 Å². The zero-order valence-corrected chi connectivity index (χ0v) is 11.5. The molecule has 1 aromatic carbocycles. The van der Waals surface area contributed by atoms with Crippen LogP contribution >= 0.6 is 23.2 Å². The first kappa shape index (κ1) is 15.5. The highest BCUT2D eigenvalue weighted by Gasteiger charge is 2.05. The van der Waals surface area contributed by atoms with Crippen LogP contribution in [0, 0.1) is 0 Å². The highest BCUT2D eigenvalue weighted by molar-refractivity contribution is 6.31. The highest BCUT2D eigenvalue weighted by Crippen LogP contribution is 2.15. The van der Waals surface area contributed by atoms with E-state index in [2.05, 4.69) is 11.9 Å². The van der Waals surface area contributed by atoms with Crippen LogP contribution in [0.2, 0.25) is 5.02 Å². The van der Waals surface area contributed by atoms with E-state index in [4.69, 9.17) is 27.9 Å². The lowest BCUT2D eigenvalue weighted by Gasteiger charge is -2.12. The molecule has 1 atom stereocenters. The number of rotatable bonds is 8. The molecule has 1 unspecified atom stereocenters.